The number of hydrogen-bond donors (Lipinski definition) is 3. The van der Waals surface area contributed by atoms with Gasteiger partial charge in [0, 0.05) is 24.2 Å². The first-order valence-corrected chi connectivity index (χ1v) is 11.3. The van der Waals surface area contributed by atoms with Crippen LogP contribution in [0.3, 0.4) is 0 Å². The molecule has 4 N–H and O–H groups in total. The summed E-state index contributed by atoms with van der Waals surface area (Å²) in [6.07, 6.45) is -6.81. The fraction of sp³-hybridized carbons (Fsp3) is 0.435. The minimum atomic E-state index is -4.95. The van der Waals surface area contributed by atoms with Gasteiger partial charge >= 0.3 is 12.2 Å². The van der Waals surface area contributed by atoms with Crippen molar-refractivity contribution in [1.82, 2.24) is 20.3 Å². The summed E-state index contributed by atoms with van der Waals surface area (Å²) in [5.74, 6) is -4.89. The molecule has 0 aliphatic heterocycles. The second kappa shape index (κ2) is 11.2. The quantitative estimate of drug-likeness (QED) is 0.197. The summed E-state index contributed by atoms with van der Waals surface area (Å²) in [7, 11) is 2.96. The van der Waals surface area contributed by atoms with Gasteiger partial charge in [-0.05, 0) is 26.5 Å². The van der Waals surface area contributed by atoms with Gasteiger partial charge in [0.1, 0.15) is 22.4 Å². The van der Waals surface area contributed by atoms with Crippen LogP contribution in [0.25, 0.3) is 22.2 Å². The molecule has 8 nitrogen and oxygen atoms in total. The minimum Gasteiger partial charge on any atom is -0.474 e. The number of halogens is 6. The fourth-order valence-electron chi connectivity index (χ4n) is 3.45. The Bertz CT molecular complexity index is 1290. The van der Waals surface area contributed by atoms with Crippen LogP contribution in [-0.4, -0.2) is 54.5 Å². The molecule has 0 saturated heterocycles. The molecule has 2 heterocycles. The first-order chi connectivity index (χ1) is 17.4. The topological polar surface area (TPSA) is 107 Å². The molecule has 37 heavy (non-hydrogen) atoms. The molecule has 0 amide bonds. The summed E-state index contributed by atoms with van der Waals surface area (Å²) < 4.78 is 95.6. The number of nitrogens with two attached hydrogens (primary N) is 1. The zero-order valence-electron chi connectivity index (χ0n) is 20.5. The Balaban J connectivity index is 2.42. The number of nitrogens with zero attached hydrogens (tertiary/aromatic N) is 3. The summed E-state index contributed by atoms with van der Waals surface area (Å²) in [5, 5.41) is 5.91. The Morgan fingerprint density at radius 1 is 1.05 bits per heavy atom. The van der Waals surface area contributed by atoms with Gasteiger partial charge in [-0.15, -0.1) is 0 Å². The Morgan fingerprint density at radius 2 is 1.76 bits per heavy atom. The average Bonchev–Trinajstić information content (AvgIpc) is 2.85. The maximum Gasteiger partial charge on any atom is 0.393 e. The van der Waals surface area contributed by atoms with E-state index < -0.39 is 64.2 Å². The molecular formula is C23H26F6N6O2. The lowest BCUT2D eigenvalue weighted by Gasteiger charge is -2.20. The molecule has 1 atom stereocenters. The molecule has 0 aliphatic rings. The summed E-state index contributed by atoms with van der Waals surface area (Å²) in [6.45, 7) is 4.34. The van der Waals surface area contributed by atoms with Crippen molar-refractivity contribution in [2.24, 2.45) is 0 Å². The number of pyridine rings is 1. The van der Waals surface area contributed by atoms with Crippen LogP contribution < -0.4 is 25.8 Å². The first-order valence-electron chi connectivity index (χ1n) is 11.3. The summed E-state index contributed by atoms with van der Waals surface area (Å²) in [4.78, 5) is 12.3. The van der Waals surface area contributed by atoms with E-state index >= 15 is 4.39 Å². The number of likely N-dealkylation sites (N-methyl/N-ethyl adjacent to an activating group) is 1. The number of ether oxygens (including phenoxy) is 2. The Kier molecular flexibility index (Phi) is 8.51. The van der Waals surface area contributed by atoms with Crippen molar-refractivity contribution < 1.29 is 35.8 Å². The van der Waals surface area contributed by atoms with E-state index in [-0.39, 0.29) is 23.1 Å². The molecule has 0 spiro atoms. The maximum absolute atomic E-state index is 16.0. The number of aromatic nitrogens is 3. The summed E-state index contributed by atoms with van der Waals surface area (Å²) in [5.41, 5.74) is 1.66. The van der Waals surface area contributed by atoms with Crippen LogP contribution in [-0.2, 0) is 6.42 Å². The number of anilines is 2. The van der Waals surface area contributed by atoms with Crippen molar-refractivity contribution in [1.29, 1.82) is 0 Å². The lowest BCUT2D eigenvalue weighted by molar-refractivity contribution is -0.127. The third kappa shape index (κ3) is 6.06. The van der Waals surface area contributed by atoms with Crippen LogP contribution in [0.2, 0.25) is 0 Å². The smallest absolute Gasteiger partial charge is 0.393 e. The molecule has 202 valence electrons. The van der Waals surface area contributed by atoms with Crippen LogP contribution in [0, 0.1) is 17.5 Å². The molecule has 0 radical (unpaired) electrons. The highest BCUT2D eigenvalue weighted by Crippen LogP contribution is 2.40. The van der Waals surface area contributed by atoms with Crippen LogP contribution in [0.1, 0.15) is 25.8 Å². The third-order valence-electron chi connectivity index (χ3n) is 5.44. The van der Waals surface area contributed by atoms with Gasteiger partial charge in [0.05, 0.1) is 25.3 Å². The molecule has 3 aromatic rings. The molecule has 0 aliphatic carbocycles. The number of fused-ring (bicyclic) bond motifs is 1. The third-order valence-corrected chi connectivity index (χ3v) is 5.44. The number of hydrogen-bond acceptors (Lipinski definition) is 8. The van der Waals surface area contributed by atoms with E-state index in [9.17, 15) is 22.0 Å². The largest absolute Gasteiger partial charge is 0.474 e. The number of alkyl halides is 3. The highest BCUT2D eigenvalue weighted by Gasteiger charge is 2.34. The van der Waals surface area contributed by atoms with Crippen molar-refractivity contribution in [3.63, 3.8) is 0 Å². The molecule has 0 fully saturated rings. The number of benzene rings is 1. The first kappa shape index (κ1) is 28.0. The van der Waals surface area contributed by atoms with Gasteiger partial charge in [0.2, 0.25) is 5.88 Å². The van der Waals surface area contributed by atoms with Crippen LogP contribution in [0.5, 0.6) is 11.9 Å². The molecule has 0 saturated carbocycles. The second-order valence-electron chi connectivity index (χ2n) is 8.14. The SMILES string of the molecule is CCC(C)Oc1nc(-c2cc(N)c(F)c(F)c2CC(F)(F)F)c(F)c2nc(OC)nc(NCCNC)c12. The highest BCUT2D eigenvalue weighted by molar-refractivity contribution is 5.96. The van der Waals surface area contributed by atoms with Crippen LogP contribution >= 0.6 is 0 Å². The van der Waals surface area contributed by atoms with Gasteiger partial charge < -0.3 is 25.8 Å². The molecule has 3 rings (SSSR count). The molecule has 2 aromatic heterocycles. The Labute approximate surface area is 208 Å². The monoisotopic (exact) mass is 532 g/mol. The van der Waals surface area contributed by atoms with Crippen molar-refractivity contribution >= 4 is 22.4 Å². The number of nitrogen functional groups attached to an aromatic ring is 1. The van der Waals surface area contributed by atoms with E-state index in [0.29, 0.717) is 25.6 Å². The molecule has 1 aromatic carbocycles. The molecule has 14 heteroatoms. The van der Waals surface area contributed by atoms with Crippen molar-refractivity contribution in [3.05, 3.63) is 29.1 Å². The van der Waals surface area contributed by atoms with Gasteiger partial charge in [0.15, 0.2) is 17.5 Å². The Morgan fingerprint density at radius 3 is 2.35 bits per heavy atom. The van der Waals surface area contributed by atoms with E-state index in [1.807, 2.05) is 0 Å². The zero-order chi connectivity index (χ0) is 27.5. The number of methoxy groups -OCH3 is 1. The van der Waals surface area contributed by atoms with Crippen LogP contribution in [0.4, 0.5) is 37.8 Å². The number of rotatable bonds is 10. The van der Waals surface area contributed by atoms with E-state index in [1.165, 1.54) is 7.11 Å². The molecule has 1 unspecified atom stereocenters. The second-order valence-corrected chi connectivity index (χ2v) is 8.14. The predicted octanol–water partition coefficient (Wildman–Crippen LogP) is 4.61. The van der Waals surface area contributed by atoms with Gasteiger partial charge in [-0.2, -0.15) is 23.1 Å². The van der Waals surface area contributed by atoms with Crippen LogP contribution in [0.15, 0.2) is 6.07 Å². The lowest BCUT2D eigenvalue weighted by Crippen LogP contribution is -2.19. The standard InChI is InChI=1S/C23H26F6N6O2/c1-5-10(2)37-21-14-19(34-22(36-4)35-20(14)32-7-6-31-3)17(26)18(33-21)11-8-13(30)16(25)15(24)12(11)9-23(27,28)29/h8,10,31H,5-7,9,30H2,1-4H3,(H,32,34,35). The van der Waals surface area contributed by atoms with Gasteiger partial charge in [-0.1, -0.05) is 6.92 Å². The molecule has 0 bridgehead atoms. The van der Waals surface area contributed by atoms with E-state index in [0.717, 1.165) is 0 Å². The Hall–Kier alpha value is -3.55. The maximum atomic E-state index is 16.0. The fourth-order valence-corrected chi connectivity index (χ4v) is 3.45. The van der Waals surface area contributed by atoms with Gasteiger partial charge in [-0.3, -0.25) is 0 Å². The van der Waals surface area contributed by atoms with Gasteiger partial charge in [0.25, 0.3) is 0 Å². The normalized spacial score (nSPS) is 12.6. The van der Waals surface area contributed by atoms with E-state index in [4.69, 9.17) is 15.2 Å². The zero-order valence-corrected chi connectivity index (χ0v) is 20.5. The van der Waals surface area contributed by atoms with Crippen molar-refractivity contribution in [2.45, 2.75) is 39.0 Å². The summed E-state index contributed by atoms with van der Waals surface area (Å²) >= 11 is 0. The summed E-state index contributed by atoms with van der Waals surface area (Å²) in [6, 6.07) is 0.444. The van der Waals surface area contributed by atoms with Crippen molar-refractivity contribution in [3.8, 4) is 23.1 Å². The van der Waals surface area contributed by atoms with Gasteiger partial charge in [-0.25, -0.2) is 18.2 Å². The predicted molar refractivity (Wildman–Crippen MR) is 126 cm³/mol. The number of nitrogens with one attached hydrogen (secondary N) is 2. The highest BCUT2D eigenvalue weighted by atomic mass is 19.4. The average molecular weight is 532 g/mol. The lowest BCUT2D eigenvalue weighted by atomic mass is 9.98. The van der Waals surface area contributed by atoms with E-state index in [1.54, 1.807) is 20.9 Å². The molecular weight excluding hydrogens is 506 g/mol. The van der Waals surface area contributed by atoms with E-state index in [2.05, 4.69) is 25.6 Å². The minimum absolute atomic E-state index is 0.00798. The van der Waals surface area contributed by atoms with Crippen molar-refractivity contribution in [2.75, 3.05) is 38.3 Å².